The highest BCUT2D eigenvalue weighted by molar-refractivity contribution is 7.26. The van der Waals surface area contributed by atoms with Crippen LogP contribution in [0.1, 0.15) is 0 Å². The van der Waals surface area contributed by atoms with Crippen molar-refractivity contribution in [3.8, 4) is 0 Å². The van der Waals surface area contributed by atoms with Gasteiger partial charge in [-0.05, 0) is 47.2 Å². The third kappa shape index (κ3) is 3.05. The van der Waals surface area contributed by atoms with E-state index < -0.39 is 0 Å². The summed E-state index contributed by atoms with van der Waals surface area (Å²) in [6, 6.07) is 45.2. The Balaban J connectivity index is 1.48. The molecule has 37 heavy (non-hydrogen) atoms. The third-order valence-electron chi connectivity index (χ3n) is 7.25. The first-order chi connectivity index (χ1) is 18.4. The van der Waals surface area contributed by atoms with Crippen LogP contribution in [0.5, 0.6) is 0 Å². The van der Waals surface area contributed by atoms with Crippen molar-refractivity contribution in [3.63, 3.8) is 0 Å². The lowest BCUT2D eigenvalue weighted by atomic mass is 10.0. The Morgan fingerprint density at radius 1 is 0.514 bits per heavy atom. The fourth-order valence-electron chi connectivity index (χ4n) is 5.62. The Morgan fingerprint density at radius 2 is 1.22 bits per heavy atom. The van der Waals surface area contributed by atoms with Crippen LogP contribution in [0.25, 0.3) is 52.9 Å². The summed E-state index contributed by atoms with van der Waals surface area (Å²) >= 11 is 1.85. The highest BCUT2D eigenvalue weighted by atomic mass is 32.1. The first-order valence-electron chi connectivity index (χ1n) is 12.5. The first-order valence-corrected chi connectivity index (χ1v) is 13.3. The Morgan fingerprint density at radius 3 is 2.11 bits per heavy atom. The number of anilines is 3. The molecular weight excluding hydrogens is 470 g/mol. The van der Waals surface area contributed by atoms with Crippen molar-refractivity contribution < 1.29 is 4.42 Å². The molecule has 174 valence electrons. The molecule has 0 amide bonds. The van der Waals surface area contributed by atoms with Crippen LogP contribution in [0.4, 0.5) is 17.1 Å². The summed E-state index contributed by atoms with van der Waals surface area (Å²) in [4.78, 5) is 2.35. The van der Waals surface area contributed by atoms with E-state index in [2.05, 4.69) is 132 Å². The topological polar surface area (TPSA) is 16.4 Å². The minimum Gasteiger partial charge on any atom is -0.454 e. The van der Waals surface area contributed by atoms with E-state index in [9.17, 15) is 0 Å². The molecule has 0 N–H and O–H groups in total. The number of furan rings is 1. The van der Waals surface area contributed by atoms with Crippen molar-refractivity contribution in [3.05, 3.63) is 127 Å². The normalized spacial score (nSPS) is 11.8. The maximum Gasteiger partial charge on any atom is 0.159 e. The van der Waals surface area contributed by atoms with Gasteiger partial charge in [0.05, 0.1) is 16.1 Å². The monoisotopic (exact) mass is 491 g/mol. The highest BCUT2D eigenvalue weighted by Crippen LogP contribution is 2.47. The van der Waals surface area contributed by atoms with Gasteiger partial charge in [-0.3, -0.25) is 0 Å². The maximum atomic E-state index is 6.65. The van der Waals surface area contributed by atoms with E-state index in [-0.39, 0.29) is 0 Å². The van der Waals surface area contributed by atoms with Crippen LogP contribution in [0.2, 0.25) is 0 Å². The van der Waals surface area contributed by atoms with Gasteiger partial charge >= 0.3 is 0 Å². The van der Waals surface area contributed by atoms with Crippen LogP contribution in [-0.4, -0.2) is 0 Å². The number of fused-ring (bicyclic) bond motifs is 8. The van der Waals surface area contributed by atoms with Gasteiger partial charge in [0.25, 0.3) is 0 Å². The summed E-state index contributed by atoms with van der Waals surface area (Å²) in [5.74, 6) is 0. The molecule has 0 unspecified atom stereocenters. The van der Waals surface area contributed by atoms with Crippen molar-refractivity contribution in [1.82, 2.24) is 0 Å². The van der Waals surface area contributed by atoms with Crippen LogP contribution in [0.15, 0.2) is 132 Å². The zero-order valence-corrected chi connectivity index (χ0v) is 20.7. The summed E-state index contributed by atoms with van der Waals surface area (Å²) in [7, 11) is 0. The predicted molar refractivity (Wildman–Crippen MR) is 159 cm³/mol. The molecule has 2 aromatic heterocycles. The standard InChI is InChI=1S/C34H21NOS/c1-2-11-23(12-3-1)35(29-18-8-15-26-25-14-6-7-19-31(25)37-34(26)29)28-17-9-16-27-32-24-13-5-4-10-22(24)20-21-30(32)36-33(27)28/h1-21H. The maximum absolute atomic E-state index is 6.65. The van der Waals surface area contributed by atoms with Gasteiger partial charge in [0, 0.05) is 31.9 Å². The Hall–Kier alpha value is -4.60. The molecular formula is C34H21NOS. The molecule has 0 spiro atoms. The van der Waals surface area contributed by atoms with Crippen molar-refractivity contribution in [2.45, 2.75) is 0 Å². The van der Waals surface area contributed by atoms with Crippen LogP contribution < -0.4 is 4.90 Å². The van der Waals surface area contributed by atoms with Crippen LogP contribution >= 0.6 is 11.3 Å². The number of hydrogen-bond acceptors (Lipinski definition) is 3. The summed E-state index contributed by atoms with van der Waals surface area (Å²) in [5.41, 5.74) is 5.10. The number of rotatable bonds is 3. The number of nitrogens with zero attached hydrogens (tertiary/aromatic N) is 1. The fourth-order valence-corrected chi connectivity index (χ4v) is 6.83. The van der Waals surface area contributed by atoms with E-state index in [0.717, 1.165) is 33.6 Å². The Kier molecular flexibility index (Phi) is 4.42. The van der Waals surface area contributed by atoms with Gasteiger partial charge in [-0.2, -0.15) is 0 Å². The molecule has 0 saturated carbocycles. The van der Waals surface area contributed by atoms with Crippen molar-refractivity contribution in [1.29, 1.82) is 0 Å². The Bertz CT molecular complexity index is 2100. The zero-order chi connectivity index (χ0) is 24.3. The molecule has 0 bridgehead atoms. The second-order valence-electron chi connectivity index (χ2n) is 9.34. The van der Waals surface area contributed by atoms with Gasteiger partial charge in [0.2, 0.25) is 0 Å². The fraction of sp³-hybridized carbons (Fsp3) is 0. The molecule has 0 aliphatic carbocycles. The van der Waals surface area contributed by atoms with Crippen molar-refractivity contribution in [2.24, 2.45) is 0 Å². The smallest absolute Gasteiger partial charge is 0.159 e. The minimum absolute atomic E-state index is 0.899. The second kappa shape index (κ2) is 7.95. The molecule has 0 radical (unpaired) electrons. The molecule has 0 atom stereocenters. The van der Waals surface area contributed by atoms with Gasteiger partial charge in [-0.25, -0.2) is 0 Å². The predicted octanol–water partition coefficient (Wildman–Crippen LogP) is 10.6. The van der Waals surface area contributed by atoms with Gasteiger partial charge in [0.1, 0.15) is 5.58 Å². The highest BCUT2D eigenvalue weighted by Gasteiger charge is 2.22. The number of para-hydroxylation sites is 2. The lowest BCUT2D eigenvalue weighted by molar-refractivity contribution is 0.669. The van der Waals surface area contributed by atoms with Gasteiger partial charge in [0.15, 0.2) is 5.58 Å². The molecule has 8 aromatic rings. The number of thiophene rings is 1. The van der Waals surface area contributed by atoms with E-state index >= 15 is 0 Å². The lowest BCUT2D eigenvalue weighted by Crippen LogP contribution is -2.10. The van der Waals surface area contributed by atoms with Crippen LogP contribution in [0.3, 0.4) is 0 Å². The summed E-state index contributed by atoms with van der Waals surface area (Å²) in [5, 5.41) is 7.32. The zero-order valence-electron chi connectivity index (χ0n) is 19.9. The summed E-state index contributed by atoms with van der Waals surface area (Å²) < 4.78 is 9.22. The molecule has 0 saturated heterocycles. The van der Waals surface area contributed by atoms with Crippen LogP contribution in [0, 0.1) is 0 Å². The summed E-state index contributed by atoms with van der Waals surface area (Å²) in [6.45, 7) is 0. The van der Waals surface area contributed by atoms with Gasteiger partial charge in [-0.1, -0.05) is 91.0 Å². The second-order valence-corrected chi connectivity index (χ2v) is 10.4. The average molecular weight is 492 g/mol. The SMILES string of the molecule is c1ccc(N(c2cccc3c2oc2ccc4ccccc4c23)c2cccc3c2sc2ccccc23)cc1. The van der Waals surface area contributed by atoms with Crippen molar-refractivity contribution in [2.75, 3.05) is 4.90 Å². The summed E-state index contributed by atoms with van der Waals surface area (Å²) in [6.07, 6.45) is 0. The number of hydrogen-bond donors (Lipinski definition) is 0. The van der Waals surface area contributed by atoms with E-state index in [0.29, 0.717) is 0 Å². The van der Waals surface area contributed by atoms with E-state index in [1.54, 1.807) is 0 Å². The molecule has 0 aliphatic rings. The molecule has 6 aromatic carbocycles. The van der Waals surface area contributed by atoms with Gasteiger partial charge in [-0.15, -0.1) is 11.3 Å². The first kappa shape index (κ1) is 20.6. The third-order valence-corrected chi connectivity index (χ3v) is 8.46. The van der Waals surface area contributed by atoms with E-state index in [1.807, 2.05) is 11.3 Å². The average Bonchev–Trinajstić information content (AvgIpc) is 3.54. The molecule has 0 fully saturated rings. The lowest BCUT2D eigenvalue weighted by Gasteiger charge is -2.26. The van der Waals surface area contributed by atoms with E-state index in [1.165, 1.54) is 36.3 Å². The largest absolute Gasteiger partial charge is 0.454 e. The molecule has 8 rings (SSSR count). The van der Waals surface area contributed by atoms with E-state index in [4.69, 9.17) is 4.42 Å². The Labute approximate surface area is 217 Å². The minimum atomic E-state index is 0.899. The molecule has 2 nitrogen and oxygen atoms in total. The number of benzene rings is 6. The van der Waals surface area contributed by atoms with Crippen LogP contribution in [-0.2, 0) is 0 Å². The molecule has 2 heterocycles. The van der Waals surface area contributed by atoms with Gasteiger partial charge < -0.3 is 9.32 Å². The van der Waals surface area contributed by atoms with Crippen molar-refractivity contribution >= 4 is 81.3 Å². The quantitative estimate of drug-likeness (QED) is 0.244. The molecule has 0 aliphatic heterocycles. The molecule has 3 heteroatoms.